The zero-order chi connectivity index (χ0) is 5.15. The first-order valence-electron chi connectivity index (χ1n) is 1.63. The molecule has 6 heavy (non-hydrogen) atoms. The Balaban J connectivity index is 3.68. The summed E-state index contributed by atoms with van der Waals surface area (Å²) in [6.45, 7) is 4.58. The Hall–Kier alpha value is 2.12. The van der Waals surface area contributed by atoms with Crippen LogP contribution in [0.1, 0.15) is 0 Å². The molecule has 0 radical (unpaired) electrons. The molecule has 0 aliphatic rings. The van der Waals surface area contributed by atoms with Crippen LogP contribution in [0.2, 0.25) is 13.1 Å². The minimum absolute atomic E-state index is 0.00288. The minimum atomic E-state index is -1.16. The Bertz CT molecular complexity index is 63.6. The van der Waals surface area contributed by atoms with Crippen LogP contribution < -0.4 is 0 Å². The van der Waals surface area contributed by atoms with E-state index in [9.17, 15) is 0 Å². The van der Waals surface area contributed by atoms with Crippen LogP contribution in [0.25, 0.3) is 0 Å². The van der Waals surface area contributed by atoms with Crippen molar-refractivity contribution in [1.82, 2.24) is 0 Å². The molecule has 0 spiro atoms. The van der Waals surface area contributed by atoms with Crippen LogP contribution in [-0.4, -0.2) is 5.43 Å². The summed E-state index contributed by atoms with van der Waals surface area (Å²) in [6, 6.07) is 0. The molecule has 0 nitrogen and oxygen atoms in total. The monoisotopic (exact) mass is 310 g/mol. The normalized spacial score (nSPS) is 8.00. The molecule has 0 fully saturated rings. The van der Waals surface area contributed by atoms with Crippen molar-refractivity contribution in [3.05, 3.63) is 0 Å². The molecule has 0 aromatic carbocycles. The van der Waals surface area contributed by atoms with Crippen LogP contribution in [0.15, 0.2) is 0 Å². The SMILES string of the molecule is C[Si](C)=[Zr]([Cl])[I]. The van der Waals surface area contributed by atoms with E-state index in [4.69, 9.17) is 8.51 Å². The summed E-state index contributed by atoms with van der Waals surface area (Å²) in [7, 11) is 5.84. The summed E-state index contributed by atoms with van der Waals surface area (Å²) in [5, 5.41) is 0. The zero-order valence-electron chi connectivity index (χ0n) is 3.76. The third kappa shape index (κ3) is 4.28. The predicted octanol–water partition coefficient (Wildman–Crippen LogP) is 2.36. The molecule has 0 amide bonds. The number of rotatable bonds is 0. The van der Waals surface area contributed by atoms with Crippen LogP contribution in [0.4, 0.5) is 0 Å². The van der Waals surface area contributed by atoms with Crippen LogP contribution in [0.5, 0.6) is 0 Å². The van der Waals surface area contributed by atoms with Gasteiger partial charge in [-0.25, -0.2) is 0 Å². The van der Waals surface area contributed by atoms with Crippen LogP contribution in [0.3, 0.4) is 0 Å². The van der Waals surface area contributed by atoms with Crippen LogP contribution in [-0.2, 0) is 15.0 Å². The van der Waals surface area contributed by atoms with E-state index >= 15 is 0 Å². The molecule has 0 aromatic heterocycles. The maximum absolute atomic E-state index is 5.84. The molecule has 0 aromatic rings. The molecule has 4 heteroatoms. The third-order valence-electron chi connectivity index (χ3n) is 0.378. The van der Waals surface area contributed by atoms with Crippen molar-refractivity contribution in [2.45, 2.75) is 13.1 Å². The molecule has 36 valence electrons. The standard InChI is InChI=1S/C2H6Si.ClH.HI.Zr/c1-3-2;;;/h1-2H3;2*1H;/q;;;+2/p-2. The van der Waals surface area contributed by atoms with Crippen molar-refractivity contribution in [3.63, 3.8) is 0 Å². The van der Waals surface area contributed by atoms with E-state index in [-0.39, 0.29) is 5.43 Å². The first-order valence-corrected chi connectivity index (χ1v) is 18.3. The zero-order valence-corrected chi connectivity index (χ0v) is 10.1. The van der Waals surface area contributed by atoms with E-state index in [0.29, 0.717) is 0 Å². The Labute approximate surface area is 59.1 Å². The first kappa shape index (κ1) is 8.12. The van der Waals surface area contributed by atoms with Crippen molar-refractivity contribution < 1.29 is 15.0 Å². The van der Waals surface area contributed by atoms with E-state index in [0.717, 1.165) is 0 Å². The fraction of sp³-hybridized carbons (Fsp3) is 1.00. The summed E-state index contributed by atoms with van der Waals surface area (Å²) in [5.41, 5.74) is -0.00288. The second kappa shape index (κ2) is 4.04. The quantitative estimate of drug-likeness (QED) is 0.476. The molecule has 0 saturated heterocycles. The van der Waals surface area contributed by atoms with Gasteiger partial charge in [0.1, 0.15) is 0 Å². The predicted molar refractivity (Wildman–Crippen MR) is 37.4 cm³/mol. The van der Waals surface area contributed by atoms with Gasteiger partial charge in [0.25, 0.3) is 0 Å². The number of halogens is 2. The Morgan fingerprint density at radius 2 is 1.83 bits per heavy atom. The fourth-order valence-electron chi connectivity index (χ4n) is 0. The van der Waals surface area contributed by atoms with Crippen molar-refractivity contribution in [1.29, 1.82) is 0 Å². The van der Waals surface area contributed by atoms with Gasteiger partial charge in [-0.1, -0.05) is 0 Å². The van der Waals surface area contributed by atoms with Gasteiger partial charge in [-0.3, -0.25) is 0 Å². The summed E-state index contributed by atoms with van der Waals surface area (Å²) in [4.78, 5) is 0. The summed E-state index contributed by atoms with van der Waals surface area (Å²) in [6.07, 6.45) is 0. The Morgan fingerprint density at radius 3 is 1.83 bits per heavy atom. The molecule has 0 rings (SSSR count). The Morgan fingerprint density at radius 1 is 1.67 bits per heavy atom. The van der Waals surface area contributed by atoms with Gasteiger partial charge in [-0.15, -0.1) is 0 Å². The molecule has 0 unspecified atom stereocenters. The van der Waals surface area contributed by atoms with Gasteiger partial charge in [0.05, 0.1) is 0 Å². The van der Waals surface area contributed by atoms with E-state index in [1.807, 2.05) is 0 Å². The van der Waals surface area contributed by atoms with Crippen LogP contribution >= 0.6 is 26.6 Å². The second-order valence-electron chi connectivity index (χ2n) is 1.26. The summed E-state index contributed by atoms with van der Waals surface area (Å²) in [5.74, 6) is 0. The van der Waals surface area contributed by atoms with Gasteiger partial charge in [-0.05, 0) is 0 Å². The summed E-state index contributed by atoms with van der Waals surface area (Å²) < 4.78 is 0. The average molecular weight is 312 g/mol. The molecule has 0 aliphatic heterocycles. The number of hydrogen-bond donors (Lipinski definition) is 0. The van der Waals surface area contributed by atoms with E-state index in [1.165, 1.54) is 0 Å². The molecular weight excluding hydrogens is 306 g/mol. The van der Waals surface area contributed by atoms with Crippen LogP contribution in [0, 0.1) is 0 Å². The topological polar surface area (TPSA) is 0 Å². The van der Waals surface area contributed by atoms with Crippen molar-refractivity contribution in [2.24, 2.45) is 0 Å². The first-order chi connectivity index (χ1) is 2.64. The molecule has 0 atom stereocenters. The molecular formula is C2H6ClISiZr. The van der Waals surface area contributed by atoms with Gasteiger partial charge in [0.15, 0.2) is 0 Å². The second-order valence-corrected chi connectivity index (χ2v) is 35.2. The maximum atomic E-state index is 5.84. The van der Waals surface area contributed by atoms with E-state index < -0.39 is 15.0 Å². The van der Waals surface area contributed by atoms with Gasteiger partial charge in [0, 0.05) is 0 Å². The van der Waals surface area contributed by atoms with E-state index in [1.54, 1.807) is 0 Å². The van der Waals surface area contributed by atoms with Gasteiger partial charge in [-0.2, -0.15) is 0 Å². The third-order valence-corrected chi connectivity index (χ3v) is 32.6. The molecule has 0 saturated carbocycles. The molecule has 0 heterocycles. The van der Waals surface area contributed by atoms with Crippen molar-refractivity contribution in [3.8, 4) is 0 Å². The van der Waals surface area contributed by atoms with Gasteiger partial charge in [0.2, 0.25) is 0 Å². The van der Waals surface area contributed by atoms with Crippen molar-refractivity contribution in [2.75, 3.05) is 0 Å². The molecule has 0 aliphatic carbocycles. The van der Waals surface area contributed by atoms with Gasteiger partial charge < -0.3 is 0 Å². The fourth-order valence-corrected chi connectivity index (χ4v) is 0. The van der Waals surface area contributed by atoms with Gasteiger partial charge >= 0.3 is 60.1 Å². The molecule has 0 bridgehead atoms. The average Bonchev–Trinajstić information content (AvgIpc) is 1.36. The van der Waals surface area contributed by atoms with E-state index in [2.05, 4.69) is 31.1 Å². The summed E-state index contributed by atoms with van der Waals surface area (Å²) >= 11 is 1.28. The molecule has 0 N–H and O–H groups in total. The number of hydrogen-bond acceptors (Lipinski definition) is 0. The van der Waals surface area contributed by atoms with Crippen molar-refractivity contribution >= 4 is 32.0 Å². The Kier molecular flexibility index (Phi) is 5.47.